The lowest BCUT2D eigenvalue weighted by Crippen LogP contribution is -2.45. The van der Waals surface area contributed by atoms with Crippen LogP contribution in [0, 0.1) is 13.8 Å². The number of hydrazine groups is 1. The molecule has 0 N–H and O–H groups in total. The summed E-state index contributed by atoms with van der Waals surface area (Å²) in [6.07, 6.45) is 3.64. The first-order valence-electron chi connectivity index (χ1n) is 8.96. The molecule has 1 fully saturated rings. The van der Waals surface area contributed by atoms with Crippen LogP contribution in [0.5, 0.6) is 0 Å². The molecule has 0 saturated carbocycles. The molecule has 3 heterocycles. The van der Waals surface area contributed by atoms with Crippen LogP contribution in [-0.4, -0.2) is 59.9 Å². The van der Waals surface area contributed by atoms with E-state index in [1.165, 1.54) is 27.2 Å². The number of benzene rings is 1. The molecule has 9 heteroatoms. The molecule has 1 aliphatic heterocycles. The van der Waals surface area contributed by atoms with Crippen LogP contribution in [0.1, 0.15) is 38.8 Å². The minimum absolute atomic E-state index is 0.204. The van der Waals surface area contributed by atoms with Gasteiger partial charge in [-0.2, -0.15) is 9.90 Å². The number of carbonyl (C=O) groups is 2. The van der Waals surface area contributed by atoms with Crippen molar-refractivity contribution in [2.75, 3.05) is 13.1 Å². The van der Waals surface area contributed by atoms with Gasteiger partial charge in [-0.25, -0.2) is 15.0 Å². The third kappa shape index (κ3) is 3.22. The van der Waals surface area contributed by atoms with Crippen molar-refractivity contribution in [1.82, 2.24) is 35.0 Å². The normalized spacial score (nSPS) is 13.8. The second-order valence-electron chi connectivity index (χ2n) is 6.51. The van der Waals surface area contributed by atoms with Crippen molar-refractivity contribution >= 4 is 11.8 Å². The number of aromatic nitrogens is 5. The van der Waals surface area contributed by atoms with Crippen LogP contribution in [0.2, 0.25) is 0 Å². The highest BCUT2D eigenvalue weighted by Crippen LogP contribution is 2.18. The molecule has 28 heavy (non-hydrogen) atoms. The Kier molecular flexibility index (Phi) is 4.56. The smallest absolute Gasteiger partial charge is 0.265 e. The molecule has 3 aromatic rings. The van der Waals surface area contributed by atoms with Crippen molar-refractivity contribution in [2.45, 2.75) is 20.3 Å². The number of hydrogen-bond donors (Lipinski definition) is 0. The van der Waals surface area contributed by atoms with E-state index in [0.29, 0.717) is 25.2 Å². The zero-order valence-corrected chi connectivity index (χ0v) is 15.6. The number of hydrogen-bond acceptors (Lipinski definition) is 6. The standard InChI is InChI=1S/C19H19N7O2/c1-13-11-21-16(12-20-13)18(27)24-9-6-10-25(24)19(28)17-14(2)22-26(23-17)15-7-4-3-5-8-15/h3-5,7-8,11-12H,6,9-10H2,1-2H3. The first-order chi connectivity index (χ1) is 13.5. The number of carbonyl (C=O) groups excluding carboxylic acids is 2. The summed E-state index contributed by atoms with van der Waals surface area (Å²) in [6, 6.07) is 9.36. The highest BCUT2D eigenvalue weighted by molar-refractivity contribution is 5.98. The summed E-state index contributed by atoms with van der Waals surface area (Å²) in [4.78, 5) is 35.6. The van der Waals surface area contributed by atoms with Gasteiger partial charge in [0.15, 0.2) is 5.69 Å². The highest BCUT2D eigenvalue weighted by atomic mass is 16.2. The van der Waals surface area contributed by atoms with Gasteiger partial charge in [-0.3, -0.25) is 14.6 Å². The molecule has 1 saturated heterocycles. The Morgan fingerprint density at radius 2 is 1.61 bits per heavy atom. The molecule has 1 aromatic carbocycles. The van der Waals surface area contributed by atoms with Crippen LogP contribution < -0.4 is 0 Å². The van der Waals surface area contributed by atoms with E-state index in [1.54, 1.807) is 13.8 Å². The monoisotopic (exact) mass is 377 g/mol. The van der Waals surface area contributed by atoms with E-state index in [0.717, 1.165) is 11.4 Å². The maximum absolute atomic E-state index is 13.1. The Hall–Kier alpha value is -3.62. The van der Waals surface area contributed by atoms with Crippen molar-refractivity contribution < 1.29 is 9.59 Å². The van der Waals surface area contributed by atoms with E-state index in [4.69, 9.17) is 0 Å². The number of amides is 2. The molecule has 4 rings (SSSR count). The van der Waals surface area contributed by atoms with E-state index < -0.39 is 0 Å². The first-order valence-corrected chi connectivity index (χ1v) is 8.96. The molecule has 9 nitrogen and oxygen atoms in total. The Balaban J connectivity index is 1.60. The fraction of sp³-hybridized carbons (Fsp3) is 0.263. The third-order valence-electron chi connectivity index (χ3n) is 4.47. The molecule has 0 aliphatic carbocycles. The maximum atomic E-state index is 13.1. The summed E-state index contributed by atoms with van der Waals surface area (Å²) >= 11 is 0. The number of nitrogens with zero attached hydrogens (tertiary/aromatic N) is 7. The van der Waals surface area contributed by atoms with E-state index >= 15 is 0 Å². The summed E-state index contributed by atoms with van der Waals surface area (Å²) < 4.78 is 0. The highest BCUT2D eigenvalue weighted by Gasteiger charge is 2.34. The van der Waals surface area contributed by atoms with Gasteiger partial charge < -0.3 is 0 Å². The van der Waals surface area contributed by atoms with Crippen molar-refractivity contribution in [1.29, 1.82) is 0 Å². The molecule has 2 amide bonds. The largest absolute Gasteiger partial charge is 0.294 e. The van der Waals surface area contributed by atoms with Gasteiger partial charge in [-0.15, -0.1) is 5.10 Å². The van der Waals surface area contributed by atoms with Crippen molar-refractivity contribution in [3.63, 3.8) is 0 Å². The summed E-state index contributed by atoms with van der Waals surface area (Å²) in [7, 11) is 0. The van der Waals surface area contributed by atoms with Gasteiger partial charge in [0.1, 0.15) is 5.69 Å². The van der Waals surface area contributed by atoms with Gasteiger partial charge in [0, 0.05) is 19.3 Å². The quantitative estimate of drug-likeness (QED) is 0.687. The van der Waals surface area contributed by atoms with E-state index in [2.05, 4.69) is 20.2 Å². The predicted molar refractivity (Wildman–Crippen MR) is 99.6 cm³/mol. The van der Waals surface area contributed by atoms with Crippen LogP contribution in [-0.2, 0) is 0 Å². The molecule has 0 spiro atoms. The first kappa shape index (κ1) is 17.8. The molecule has 142 valence electrons. The Morgan fingerprint density at radius 3 is 2.29 bits per heavy atom. The zero-order chi connectivity index (χ0) is 19.7. The summed E-state index contributed by atoms with van der Waals surface area (Å²) in [5, 5.41) is 11.5. The predicted octanol–water partition coefficient (Wildman–Crippen LogP) is 1.58. The number of aryl methyl sites for hydroxylation is 2. The second kappa shape index (κ2) is 7.18. The fourth-order valence-corrected chi connectivity index (χ4v) is 3.04. The summed E-state index contributed by atoms with van der Waals surface area (Å²) in [6.45, 7) is 4.40. The van der Waals surface area contributed by atoms with Crippen LogP contribution in [0.3, 0.4) is 0 Å². The van der Waals surface area contributed by atoms with Gasteiger partial charge in [0.25, 0.3) is 11.8 Å². The molecule has 2 aromatic heterocycles. The van der Waals surface area contributed by atoms with Crippen molar-refractivity contribution in [3.05, 3.63) is 65.5 Å². The van der Waals surface area contributed by atoms with Crippen molar-refractivity contribution in [2.24, 2.45) is 0 Å². The van der Waals surface area contributed by atoms with E-state index in [-0.39, 0.29) is 23.2 Å². The summed E-state index contributed by atoms with van der Waals surface area (Å²) in [5.74, 6) is -0.711. The average Bonchev–Trinajstić information content (AvgIpc) is 3.35. The Bertz CT molecular complexity index is 1010. The molecule has 0 atom stereocenters. The molecule has 1 aliphatic rings. The second-order valence-corrected chi connectivity index (χ2v) is 6.51. The van der Waals surface area contributed by atoms with Crippen LogP contribution in [0.4, 0.5) is 0 Å². The van der Waals surface area contributed by atoms with Crippen molar-refractivity contribution in [3.8, 4) is 5.69 Å². The number of rotatable bonds is 3. The van der Waals surface area contributed by atoms with Gasteiger partial charge in [0.2, 0.25) is 0 Å². The lowest BCUT2D eigenvalue weighted by Gasteiger charge is -2.26. The van der Waals surface area contributed by atoms with Gasteiger partial charge in [0.05, 0.1) is 23.3 Å². The van der Waals surface area contributed by atoms with Gasteiger partial charge in [-0.1, -0.05) is 18.2 Å². The Morgan fingerprint density at radius 1 is 0.893 bits per heavy atom. The average molecular weight is 377 g/mol. The molecular weight excluding hydrogens is 358 g/mol. The van der Waals surface area contributed by atoms with E-state index in [1.807, 2.05) is 30.3 Å². The molecule has 0 unspecified atom stereocenters. The molecular formula is C19H19N7O2. The third-order valence-corrected chi connectivity index (χ3v) is 4.47. The minimum Gasteiger partial charge on any atom is -0.265 e. The maximum Gasteiger partial charge on any atom is 0.294 e. The fourth-order valence-electron chi connectivity index (χ4n) is 3.04. The van der Waals surface area contributed by atoms with E-state index in [9.17, 15) is 9.59 Å². The zero-order valence-electron chi connectivity index (χ0n) is 15.6. The Labute approximate surface area is 161 Å². The minimum atomic E-state index is -0.356. The van der Waals surface area contributed by atoms with Gasteiger partial charge in [-0.05, 0) is 32.4 Å². The van der Waals surface area contributed by atoms with Crippen LogP contribution >= 0.6 is 0 Å². The van der Waals surface area contributed by atoms with Crippen LogP contribution in [0.25, 0.3) is 5.69 Å². The van der Waals surface area contributed by atoms with Crippen LogP contribution in [0.15, 0.2) is 42.7 Å². The SMILES string of the molecule is Cc1cnc(C(=O)N2CCCN2C(=O)c2nn(-c3ccccc3)nc2C)cn1. The van der Waals surface area contributed by atoms with Gasteiger partial charge >= 0.3 is 0 Å². The summed E-state index contributed by atoms with van der Waals surface area (Å²) in [5.41, 5.74) is 2.41. The molecule has 0 radical (unpaired) electrons. The molecule has 0 bridgehead atoms. The number of para-hydroxylation sites is 1. The lowest BCUT2D eigenvalue weighted by molar-refractivity contribution is 0.0177. The lowest BCUT2D eigenvalue weighted by atomic mass is 10.3. The topological polar surface area (TPSA) is 97.1 Å².